The number of nitro benzene ring substituents is 1. The maximum Gasteiger partial charge on any atom is 0.327 e. The van der Waals surface area contributed by atoms with Crippen LogP contribution in [-0.2, 0) is 0 Å². The molecule has 0 spiro atoms. The molecule has 28 heavy (non-hydrogen) atoms. The molecule has 0 saturated carbocycles. The van der Waals surface area contributed by atoms with Crippen LogP contribution in [0.2, 0.25) is 0 Å². The van der Waals surface area contributed by atoms with Gasteiger partial charge in [-0.1, -0.05) is 6.07 Å². The topological polar surface area (TPSA) is 99.9 Å². The van der Waals surface area contributed by atoms with Gasteiger partial charge in [0.15, 0.2) is 17.4 Å². The van der Waals surface area contributed by atoms with E-state index in [0.717, 1.165) is 18.2 Å². The number of ether oxygens (including phenoxy) is 3. The fourth-order valence-electron chi connectivity index (χ4n) is 2.63. The van der Waals surface area contributed by atoms with E-state index in [1.165, 1.54) is 34.3 Å². The Bertz CT molecular complexity index is 919. The smallest absolute Gasteiger partial charge is 0.327 e. The molecule has 0 aliphatic rings. The number of nitrogens with one attached hydrogen (secondary N) is 1. The maximum absolute atomic E-state index is 13.4. The number of amides is 1. The van der Waals surface area contributed by atoms with E-state index in [0.29, 0.717) is 0 Å². The molecular weight excluding hydrogens is 378 g/mol. The lowest BCUT2D eigenvalue weighted by Gasteiger charge is -2.17. The second-order valence-corrected chi connectivity index (χ2v) is 5.67. The molecule has 2 rings (SSSR count). The molecular formula is C18H18F2N2O6. The number of halogens is 2. The first-order chi connectivity index (χ1) is 13.2. The molecule has 1 N–H and O–H groups in total. The first-order valence-corrected chi connectivity index (χ1v) is 7.98. The van der Waals surface area contributed by atoms with Crippen molar-refractivity contribution >= 4 is 11.6 Å². The highest BCUT2D eigenvalue weighted by molar-refractivity contribution is 6.00. The summed E-state index contributed by atoms with van der Waals surface area (Å²) < 4.78 is 41.8. The highest BCUT2D eigenvalue weighted by Gasteiger charge is 2.33. The number of carbonyl (C=O) groups is 1. The van der Waals surface area contributed by atoms with Gasteiger partial charge in [-0.05, 0) is 24.6 Å². The largest absolute Gasteiger partial charge is 0.493 e. The maximum atomic E-state index is 13.4. The molecule has 1 amide bonds. The van der Waals surface area contributed by atoms with E-state index in [1.807, 2.05) is 0 Å². The molecule has 0 fully saturated rings. The zero-order chi connectivity index (χ0) is 21.0. The molecule has 0 bridgehead atoms. The van der Waals surface area contributed by atoms with E-state index in [2.05, 4.69) is 5.32 Å². The number of benzene rings is 2. The Morgan fingerprint density at radius 2 is 1.71 bits per heavy atom. The quantitative estimate of drug-likeness (QED) is 0.569. The Labute approximate surface area is 159 Å². The zero-order valence-corrected chi connectivity index (χ0v) is 15.5. The molecule has 0 heterocycles. The van der Waals surface area contributed by atoms with Gasteiger partial charge in [-0.3, -0.25) is 14.9 Å². The van der Waals surface area contributed by atoms with Crippen LogP contribution in [0.15, 0.2) is 24.3 Å². The lowest BCUT2D eigenvalue weighted by molar-refractivity contribution is -0.386. The van der Waals surface area contributed by atoms with Gasteiger partial charge in [-0.2, -0.15) is 0 Å². The Kier molecular flexibility index (Phi) is 6.34. The zero-order valence-electron chi connectivity index (χ0n) is 15.5. The van der Waals surface area contributed by atoms with Crippen LogP contribution in [0.3, 0.4) is 0 Å². The highest BCUT2D eigenvalue weighted by atomic mass is 19.2. The highest BCUT2D eigenvalue weighted by Crippen LogP contribution is 2.46. The number of hydrogen-bond donors (Lipinski definition) is 1. The number of nitro groups is 1. The van der Waals surface area contributed by atoms with E-state index < -0.39 is 34.2 Å². The molecule has 2 aromatic rings. The average Bonchev–Trinajstić information content (AvgIpc) is 2.67. The van der Waals surface area contributed by atoms with Gasteiger partial charge in [0.1, 0.15) is 5.56 Å². The van der Waals surface area contributed by atoms with Crippen molar-refractivity contribution in [1.29, 1.82) is 0 Å². The molecule has 10 heteroatoms. The lowest BCUT2D eigenvalue weighted by atomic mass is 10.1. The van der Waals surface area contributed by atoms with Gasteiger partial charge < -0.3 is 19.5 Å². The van der Waals surface area contributed by atoms with Gasteiger partial charge in [0, 0.05) is 6.07 Å². The molecule has 0 aliphatic carbocycles. The summed E-state index contributed by atoms with van der Waals surface area (Å²) in [6.45, 7) is 1.52. The second-order valence-electron chi connectivity index (χ2n) is 5.67. The Morgan fingerprint density at radius 3 is 2.21 bits per heavy atom. The summed E-state index contributed by atoms with van der Waals surface area (Å²) in [6, 6.07) is 3.54. The molecule has 1 unspecified atom stereocenters. The summed E-state index contributed by atoms with van der Waals surface area (Å²) in [5.41, 5.74) is -0.675. The molecule has 2 aromatic carbocycles. The number of carbonyl (C=O) groups excluding carboxylic acids is 1. The third kappa shape index (κ3) is 3.95. The van der Waals surface area contributed by atoms with Crippen molar-refractivity contribution in [1.82, 2.24) is 5.32 Å². The van der Waals surface area contributed by atoms with Crippen molar-refractivity contribution in [3.8, 4) is 17.2 Å². The summed E-state index contributed by atoms with van der Waals surface area (Å²) in [5, 5.41) is 14.1. The standard InChI is InChI=1S/C18H18F2N2O6/c1-9(10-5-6-12(19)13(20)7-10)21-18(23)11-8-14(26-2)16(27-3)17(28-4)15(11)22(24)25/h5-9H,1-4H3,(H,21,23). The van der Waals surface area contributed by atoms with Crippen molar-refractivity contribution in [3.63, 3.8) is 0 Å². The Hall–Kier alpha value is -3.43. The number of nitrogens with zero attached hydrogens (tertiary/aromatic N) is 1. The Balaban J connectivity index is 2.48. The van der Waals surface area contributed by atoms with Gasteiger partial charge in [0.25, 0.3) is 5.91 Å². The molecule has 0 aromatic heterocycles. The third-order valence-corrected chi connectivity index (χ3v) is 4.02. The van der Waals surface area contributed by atoms with Gasteiger partial charge in [-0.15, -0.1) is 0 Å². The molecule has 150 valence electrons. The van der Waals surface area contributed by atoms with Crippen LogP contribution in [0.5, 0.6) is 17.2 Å². The van der Waals surface area contributed by atoms with E-state index in [-0.39, 0.29) is 28.4 Å². The monoisotopic (exact) mass is 396 g/mol. The Morgan fingerprint density at radius 1 is 1.07 bits per heavy atom. The summed E-state index contributed by atoms with van der Waals surface area (Å²) in [4.78, 5) is 23.5. The van der Waals surface area contributed by atoms with E-state index >= 15 is 0 Å². The predicted octanol–water partition coefficient (Wildman–Crippen LogP) is 3.39. The molecule has 0 saturated heterocycles. The summed E-state index contributed by atoms with van der Waals surface area (Å²) in [5.74, 6) is -3.20. The predicted molar refractivity (Wildman–Crippen MR) is 95.0 cm³/mol. The minimum atomic E-state index is -1.07. The van der Waals surface area contributed by atoms with Crippen LogP contribution >= 0.6 is 0 Å². The lowest BCUT2D eigenvalue weighted by Crippen LogP contribution is -2.27. The minimum Gasteiger partial charge on any atom is -0.493 e. The van der Waals surface area contributed by atoms with E-state index in [4.69, 9.17) is 14.2 Å². The van der Waals surface area contributed by atoms with Crippen LogP contribution < -0.4 is 19.5 Å². The number of rotatable bonds is 7. The fraction of sp³-hybridized carbons (Fsp3) is 0.278. The summed E-state index contributed by atoms with van der Waals surface area (Å²) >= 11 is 0. The van der Waals surface area contributed by atoms with Crippen LogP contribution in [0.1, 0.15) is 28.9 Å². The average molecular weight is 396 g/mol. The normalized spacial score (nSPS) is 11.5. The third-order valence-electron chi connectivity index (χ3n) is 4.02. The fourth-order valence-corrected chi connectivity index (χ4v) is 2.63. The SMILES string of the molecule is COc1cc(C(=O)NC(C)c2ccc(F)c(F)c2)c([N+](=O)[O-])c(OC)c1OC. The van der Waals surface area contributed by atoms with Crippen LogP contribution in [-0.4, -0.2) is 32.2 Å². The minimum absolute atomic E-state index is 0.0399. The molecule has 0 aliphatic heterocycles. The van der Waals surface area contributed by atoms with E-state index in [9.17, 15) is 23.7 Å². The van der Waals surface area contributed by atoms with Crippen molar-refractivity contribution in [3.05, 3.63) is 57.1 Å². The van der Waals surface area contributed by atoms with Gasteiger partial charge in [0.2, 0.25) is 11.5 Å². The van der Waals surface area contributed by atoms with Gasteiger partial charge in [-0.25, -0.2) is 8.78 Å². The first-order valence-electron chi connectivity index (χ1n) is 7.98. The van der Waals surface area contributed by atoms with Gasteiger partial charge in [0.05, 0.1) is 32.3 Å². The number of hydrogen-bond acceptors (Lipinski definition) is 6. The van der Waals surface area contributed by atoms with Crippen molar-refractivity contribution in [2.45, 2.75) is 13.0 Å². The van der Waals surface area contributed by atoms with E-state index in [1.54, 1.807) is 0 Å². The summed E-state index contributed by atoms with van der Waals surface area (Å²) in [7, 11) is 3.76. The molecule has 8 nitrogen and oxygen atoms in total. The van der Waals surface area contributed by atoms with Crippen LogP contribution in [0, 0.1) is 21.7 Å². The molecule has 1 atom stereocenters. The number of methoxy groups -OCH3 is 3. The molecule has 0 radical (unpaired) electrons. The van der Waals surface area contributed by atoms with Crippen molar-refractivity contribution in [2.24, 2.45) is 0 Å². The van der Waals surface area contributed by atoms with Gasteiger partial charge >= 0.3 is 5.69 Å². The van der Waals surface area contributed by atoms with Crippen LogP contribution in [0.4, 0.5) is 14.5 Å². The summed E-state index contributed by atoms with van der Waals surface area (Å²) in [6.07, 6.45) is 0. The van der Waals surface area contributed by atoms with Crippen molar-refractivity contribution in [2.75, 3.05) is 21.3 Å². The first kappa shape index (κ1) is 20.9. The van der Waals surface area contributed by atoms with Crippen molar-refractivity contribution < 1.29 is 32.7 Å². The van der Waals surface area contributed by atoms with Crippen LogP contribution in [0.25, 0.3) is 0 Å². The second kappa shape index (κ2) is 8.51.